The van der Waals surface area contributed by atoms with Gasteiger partial charge in [-0.15, -0.1) is 0 Å². The molecule has 0 spiro atoms. The predicted octanol–water partition coefficient (Wildman–Crippen LogP) is 3.63. The van der Waals surface area contributed by atoms with Crippen LogP contribution in [0.2, 0.25) is 0 Å². The summed E-state index contributed by atoms with van der Waals surface area (Å²) in [5.41, 5.74) is -0.498. The van der Waals surface area contributed by atoms with Crippen LogP contribution in [0, 0.1) is 0 Å². The van der Waals surface area contributed by atoms with Crippen molar-refractivity contribution < 1.29 is 18.0 Å². The molecule has 1 aliphatic carbocycles. The van der Waals surface area contributed by atoms with Gasteiger partial charge in [0.15, 0.2) is 5.69 Å². The van der Waals surface area contributed by atoms with Crippen molar-refractivity contribution in [3.63, 3.8) is 0 Å². The van der Waals surface area contributed by atoms with E-state index < -0.39 is 17.9 Å². The number of halogens is 4. The third-order valence-corrected chi connectivity index (χ3v) is 4.08. The largest absolute Gasteiger partial charge is 0.436 e. The summed E-state index contributed by atoms with van der Waals surface area (Å²) < 4.78 is 40.2. The van der Waals surface area contributed by atoms with E-state index in [2.05, 4.69) is 26.3 Å². The van der Waals surface area contributed by atoms with E-state index in [1.165, 1.54) is 4.68 Å². The van der Waals surface area contributed by atoms with Crippen LogP contribution in [0.1, 0.15) is 57.0 Å². The van der Waals surface area contributed by atoms with Crippen molar-refractivity contribution in [2.75, 3.05) is 0 Å². The highest BCUT2D eigenvalue weighted by Gasteiger charge is 2.42. The van der Waals surface area contributed by atoms with Gasteiger partial charge < -0.3 is 5.32 Å². The monoisotopic (exact) mass is 367 g/mol. The SMILES string of the molecule is CC(C)NC(=O)C(C)n1nc(C(F)(F)F)c(Br)c1C1CC1. The number of carbonyl (C=O) groups is 1. The molecule has 1 amide bonds. The van der Waals surface area contributed by atoms with E-state index in [-0.39, 0.29) is 22.3 Å². The molecule has 4 nitrogen and oxygen atoms in total. The molecule has 0 aromatic carbocycles. The highest BCUT2D eigenvalue weighted by Crippen LogP contribution is 2.47. The van der Waals surface area contributed by atoms with Crippen molar-refractivity contribution in [1.29, 1.82) is 0 Å². The molecule has 2 rings (SSSR count). The van der Waals surface area contributed by atoms with Crippen molar-refractivity contribution >= 4 is 21.8 Å². The fourth-order valence-corrected chi connectivity index (χ4v) is 2.95. The Balaban J connectivity index is 2.40. The van der Waals surface area contributed by atoms with E-state index >= 15 is 0 Å². The van der Waals surface area contributed by atoms with E-state index in [4.69, 9.17) is 0 Å². The van der Waals surface area contributed by atoms with E-state index in [1.807, 2.05) is 0 Å². The predicted molar refractivity (Wildman–Crippen MR) is 74.9 cm³/mol. The lowest BCUT2D eigenvalue weighted by Gasteiger charge is -2.17. The van der Waals surface area contributed by atoms with Gasteiger partial charge in [0, 0.05) is 12.0 Å². The number of aromatic nitrogens is 2. The van der Waals surface area contributed by atoms with Crippen LogP contribution < -0.4 is 5.32 Å². The Kier molecular flexibility index (Phi) is 4.37. The maximum Gasteiger partial charge on any atom is 0.436 e. The molecule has 1 saturated carbocycles. The fourth-order valence-electron chi connectivity index (χ4n) is 2.14. The summed E-state index contributed by atoms with van der Waals surface area (Å²) in [6.45, 7) is 5.16. The highest BCUT2D eigenvalue weighted by molar-refractivity contribution is 9.10. The van der Waals surface area contributed by atoms with Crippen LogP contribution in [0.5, 0.6) is 0 Å². The normalized spacial score (nSPS) is 17.1. The molecule has 1 N–H and O–H groups in total. The molecule has 1 heterocycles. The summed E-state index contributed by atoms with van der Waals surface area (Å²) in [7, 11) is 0. The molecule has 1 atom stereocenters. The van der Waals surface area contributed by atoms with E-state index in [9.17, 15) is 18.0 Å². The Morgan fingerprint density at radius 2 is 1.95 bits per heavy atom. The third kappa shape index (κ3) is 3.41. The first-order valence-electron chi connectivity index (χ1n) is 6.78. The van der Waals surface area contributed by atoms with Crippen molar-refractivity contribution in [1.82, 2.24) is 15.1 Å². The second-order valence-electron chi connectivity index (χ2n) is 5.60. The second kappa shape index (κ2) is 5.62. The van der Waals surface area contributed by atoms with Crippen LogP contribution in [0.4, 0.5) is 13.2 Å². The van der Waals surface area contributed by atoms with Crippen LogP contribution in [-0.2, 0) is 11.0 Å². The first-order valence-corrected chi connectivity index (χ1v) is 7.57. The summed E-state index contributed by atoms with van der Waals surface area (Å²) in [6.07, 6.45) is -2.90. The summed E-state index contributed by atoms with van der Waals surface area (Å²) in [5.74, 6) is -0.298. The van der Waals surface area contributed by atoms with Crippen LogP contribution in [0.25, 0.3) is 0 Å². The van der Waals surface area contributed by atoms with E-state index in [1.54, 1.807) is 20.8 Å². The summed E-state index contributed by atoms with van der Waals surface area (Å²) in [6, 6.07) is -0.860. The Morgan fingerprint density at radius 3 is 2.38 bits per heavy atom. The molecule has 1 aromatic heterocycles. The van der Waals surface area contributed by atoms with Crippen LogP contribution in [0.15, 0.2) is 4.47 Å². The summed E-state index contributed by atoms with van der Waals surface area (Å²) >= 11 is 3.01. The summed E-state index contributed by atoms with van der Waals surface area (Å²) in [4.78, 5) is 12.1. The standard InChI is InChI=1S/C13H17BrF3N3O/c1-6(2)18-12(21)7(3)20-10(8-4-5-8)9(14)11(19-20)13(15,16)17/h6-8H,4-5H2,1-3H3,(H,18,21). The topological polar surface area (TPSA) is 46.9 Å². The Morgan fingerprint density at radius 1 is 1.38 bits per heavy atom. The molecular weight excluding hydrogens is 351 g/mol. The molecule has 8 heteroatoms. The van der Waals surface area contributed by atoms with Gasteiger partial charge in [-0.1, -0.05) is 0 Å². The first kappa shape index (κ1) is 16.3. The van der Waals surface area contributed by atoms with Crippen molar-refractivity contribution in [3.8, 4) is 0 Å². The first-order chi connectivity index (χ1) is 9.62. The minimum absolute atomic E-state index is 0.0391. The zero-order chi connectivity index (χ0) is 15.9. The maximum atomic E-state index is 13.0. The highest BCUT2D eigenvalue weighted by atomic mass is 79.9. The van der Waals surface area contributed by atoms with Gasteiger partial charge in [-0.3, -0.25) is 9.48 Å². The van der Waals surface area contributed by atoms with Crippen LogP contribution in [0.3, 0.4) is 0 Å². The molecule has 0 bridgehead atoms. The minimum atomic E-state index is -4.54. The zero-order valence-corrected chi connectivity index (χ0v) is 13.5. The lowest BCUT2D eigenvalue weighted by Crippen LogP contribution is -2.36. The van der Waals surface area contributed by atoms with Gasteiger partial charge in [-0.25, -0.2) is 0 Å². The number of nitrogens with zero attached hydrogens (tertiary/aromatic N) is 2. The van der Waals surface area contributed by atoms with Crippen LogP contribution >= 0.6 is 15.9 Å². The van der Waals surface area contributed by atoms with Gasteiger partial charge in [0.05, 0.1) is 10.2 Å². The Bertz CT molecular complexity index is 550. The summed E-state index contributed by atoms with van der Waals surface area (Å²) in [5, 5.41) is 6.35. The average molecular weight is 368 g/mol. The van der Waals surface area contributed by atoms with Gasteiger partial charge in [0.25, 0.3) is 0 Å². The second-order valence-corrected chi connectivity index (χ2v) is 6.40. The van der Waals surface area contributed by atoms with Crippen molar-refractivity contribution in [3.05, 3.63) is 15.9 Å². The minimum Gasteiger partial charge on any atom is -0.352 e. The Labute approximate surface area is 129 Å². The maximum absolute atomic E-state index is 13.0. The number of alkyl halides is 3. The van der Waals surface area contributed by atoms with Crippen molar-refractivity contribution in [2.24, 2.45) is 0 Å². The van der Waals surface area contributed by atoms with Gasteiger partial charge >= 0.3 is 6.18 Å². The number of hydrogen-bond donors (Lipinski definition) is 1. The lowest BCUT2D eigenvalue weighted by atomic mass is 10.2. The number of amides is 1. The molecule has 1 fully saturated rings. The molecule has 0 aliphatic heterocycles. The van der Waals surface area contributed by atoms with Gasteiger partial charge in [0.2, 0.25) is 5.91 Å². The fraction of sp³-hybridized carbons (Fsp3) is 0.692. The van der Waals surface area contributed by atoms with Gasteiger partial charge in [-0.05, 0) is 49.5 Å². The van der Waals surface area contributed by atoms with Crippen molar-refractivity contribution in [2.45, 2.75) is 57.8 Å². The quantitative estimate of drug-likeness (QED) is 0.883. The number of rotatable bonds is 4. The molecular formula is C13H17BrF3N3O. The molecule has 0 radical (unpaired) electrons. The lowest BCUT2D eigenvalue weighted by molar-refractivity contribution is -0.142. The smallest absolute Gasteiger partial charge is 0.352 e. The molecule has 118 valence electrons. The van der Waals surface area contributed by atoms with Crippen LogP contribution in [-0.4, -0.2) is 21.7 Å². The van der Waals surface area contributed by atoms with Gasteiger partial charge in [-0.2, -0.15) is 18.3 Å². The molecule has 1 unspecified atom stereocenters. The van der Waals surface area contributed by atoms with Gasteiger partial charge in [0.1, 0.15) is 6.04 Å². The number of carbonyl (C=O) groups excluding carboxylic acids is 1. The van der Waals surface area contributed by atoms with E-state index in [0.29, 0.717) is 5.69 Å². The third-order valence-electron chi connectivity index (χ3n) is 3.30. The average Bonchev–Trinajstić information content (AvgIpc) is 3.09. The Hall–Kier alpha value is -1.05. The molecule has 1 aliphatic rings. The molecule has 1 aromatic rings. The molecule has 0 saturated heterocycles. The number of nitrogens with one attached hydrogen (secondary N) is 1. The number of hydrogen-bond acceptors (Lipinski definition) is 2. The molecule has 21 heavy (non-hydrogen) atoms. The van der Waals surface area contributed by atoms with E-state index in [0.717, 1.165) is 12.8 Å². The zero-order valence-electron chi connectivity index (χ0n) is 12.0.